The minimum absolute atomic E-state index is 0. The minimum atomic E-state index is -0.0514. The molecule has 28 heavy (non-hydrogen) atoms. The lowest BCUT2D eigenvalue weighted by Gasteiger charge is -2.13. The maximum atomic E-state index is 12.0. The van der Waals surface area contributed by atoms with Gasteiger partial charge in [-0.1, -0.05) is 43.3 Å². The number of carbonyl (C=O) groups excluding carboxylic acids is 1. The van der Waals surface area contributed by atoms with Crippen molar-refractivity contribution in [3.8, 4) is 0 Å². The summed E-state index contributed by atoms with van der Waals surface area (Å²) in [7, 11) is 0. The fourth-order valence-corrected chi connectivity index (χ4v) is 2.84. The second kappa shape index (κ2) is 13.1. The average molecular weight is 494 g/mol. The van der Waals surface area contributed by atoms with E-state index < -0.39 is 0 Å². The van der Waals surface area contributed by atoms with Crippen LogP contribution in [-0.2, 0) is 19.5 Å². The highest BCUT2D eigenvalue weighted by Gasteiger charge is 2.05. The summed E-state index contributed by atoms with van der Waals surface area (Å²) in [6.45, 7) is 8.78. The zero-order chi connectivity index (χ0) is 19.5. The van der Waals surface area contributed by atoms with Gasteiger partial charge in [0.05, 0.1) is 6.54 Å². The van der Waals surface area contributed by atoms with E-state index in [0.717, 1.165) is 31.0 Å². The Hall–Kier alpha value is -2.09. The van der Waals surface area contributed by atoms with Crippen LogP contribution >= 0.6 is 24.0 Å². The summed E-state index contributed by atoms with van der Waals surface area (Å²) >= 11 is 0. The topological polar surface area (TPSA) is 65.5 Å². The Labute approximate surface area is 185 Å². The molecular weight excluding hydrogens is 463 g/mol. The van der Waals surface area contributed by atoms with E-state index in [1.807, 2.05) is 38.1 Å². The molecular formula is C22H31IN4O. The van der Waals surface area contributed by atoms with Crippen molar-refractivity contribution in [2.24, 2.45) is 4.99 Å². The first-order valence-electron chi connectivity index (χ1n) is 9.64. The van der Waals surface area contributed by atoms with E-state index in [0.29, 0.717) is 18.7 Å². The lowest BCUT2D eigenvalue weighted by molar-refractivity contribution is 0.0955. The molecule has 0 aliphatic heterocycles. The van der Waals surface area contributed by atoms with Gasteiger partial charge in [0.15, 0.2) is 5.96 Å². The number of aryl methyl sites for hydroxylation is 1. The standard InChI is InChI=1S/C22H30N4O.HI/c1-4-18-11-7-8-12-20(18)16-26-22(24-6-3)25-15-17-10-9-13-19(14-17)21(27)23-5-2;/h7-14H,4-6,15-16H2,1-3H3,(H,23,27)(H2,24,25,26);1H. The molecule has 0 fully saturated rings. The molecule has 0 spiro atoms. The Balaban J connectivity index is 0.00000392. The van der Waals surface area contributed by atoms with Crippen LogP contribution in [-0.4, -0.2) is 25.0 Å². The van der Waals surface area contributed by atoms with Crippen LogP contribution in [0, 0.1) is 0 Å². The quantitative estimate of drug-likeness (QED) is 0.297. The van der Waals surface area contributed by atoms with Gasteiger partial charge in [0.25, 0.3) is 5.91 Å². The molecule has 0 saturated heterocycles. The van der Waals surface area contributed by atoms with E-state index in [9.17, 15) is 4.79 Å². The molecule has 0 aromatic heterocycles. The summed E-state index contributed by atoms with van der Waals surface area (Å²) in [6, 6.07) is 16.0. The number of aliphatic imine (C=N–C) groups is 1. The number of guanidine groups is 1. The summed E-state index contributed by atoms with van der Waals surface area (Å²) in [5.41, 5.74) is 4.30. The molecule has 6 heteroatoms. The predicted molar refractivity (Wildman–Crippen MR) is 127 cm³/mol. The van der Waals surface area contributed by atoms with E-state index >= 15 is 0 Å². The molecule has 0 radical (unpaired) electrons. The molecule has 0 saturated carbocycles. The van der Waals surface area contributed by atoms with Crippen molar-refractivity contribution in [2.45, 2.75) is 40.3 Å². The van der Waals surface area contributed by atoms with Gasteiger partial charge in [-0.05, 0) is 49.1 Å². The largest absolute Gasteiger partial charge is 0.357 e. The third-order valence-electron chi connectivity index (χ3n) is 4.24. The van der Waals surface area contributed by atoms with E-state index in [4.69, 9.17) is 0 Å². The highest BCUT2D eigenvalue weighted by atomic mass is 127. The third-order valence-corrected chi connectivity index (χ3v) is 4.24. The molecule has 0 heterocycles. The Morgan fingerprint density at radius 1 is 0.893 bits per heavy atom. The SMILES string of the molecule is CCNC(=O)c1cccc(CN=C(NCC)NCc2ccccc2CC)c1.I. The van der Waals surface area contributed by atoms with Crippen molar-refractivity contribution in [3.05, 3.63) is 70.8 Å². The fourth-order valence-electron chi connectivity index (χ4n) is 2.84. The summed E-state index contributed by atoms with van der Waals surface area (Å²) < 4.78 is 0. The number of rotatable bonds is 8. The fraction of sp³-hybridized carbons (Fsp3) is 0.364. The van der Waals surface area contributed by atoms with Crippen molar-refractivity contribution in [3.63, 3.8) is 0 Å². The summed E-state index contributed by atoms with van der Waals surface area (Å²) in [6.07, 6.45) is 1.01. The number of amides is 1. The smallest absolute Gasteiger partial charge is 0.251 e. The zero-order valence-electron chi connectivity index (χ0n) is 16.9. The maximum absolute atomic E-state index is 12.0. The molecule has 0 aliphatic rings. The van der Waals surface area contributed by atoms with Crippen molar-refractivity contribution < 1.29 is 4.79 Å². The maximum Gasteiger partial charge on any atom is 0.251 e. The number of carbonyl (C=O) groups is 1. The summed E-state index contributed by atoms with van der Waals surface area (Å²) in [5.74, 6) is 0.719. The highest BCUT2D eigenvalue weighted by molar-refractivity contribution is 14.0. The predicted octanol–water partition coefficient (Wildman–Crippen LogP) is 3.87. The van der Waals surface area contributed by atoms with E-state index in [2.05, 4.69) is 52.1 Å². The Bertz CT molecular complexity index is 777. The van der Waals surface area contributed by atoms with Gasteiger partial charge >= 0.3 is 0 Å². The molecule has 0 aliphatic carbocycles. The molecule has 152 valence electrons. The van der Waals surface area contributed by atoms with Crippen LogP contribution in [0.3, 0.4) is 0 Å². The molecule has 5 nitrogen and oxygen atoms in total. The molecule has 3 N–H and O–H groups in total. The van der Waals surface area contributed by atoms with Crippen LogP contribution in [0.15, 0.2) is 53.5 Å². The van der Waals surface area contributed by atoms with Gasteiger partial charge in [0.2, 0.25) is 0 Å². The van der Waals surface area contributed by atoms with E-state index in [-0.39, 0.29) is 29.9 Å². The van der Waals surface area contributed by atoms with Crippen molar-refractivity contribution >= 4 is 35.8 Å². The first-order chi connectivity index (χ1) is 13.2. The zero-order valence-corrected chi connectivity index (χ0v) is 19.2. The molecule has 1 amide bonds. The first-order valence-corrected chi connectivity index (χ1v) is 9.64. The number of nitrogens with zero attached hydrogens (tertiary/aromatic N) is 1. The van der Waals surface area contributed by atoms with Crippen molar-refractivity contribution in [2.75, 3.05) is 13.1 Å². The van der Waals surface area contributed by atoms with Crippen LogP contribution in [0.1, 0.15) is 47.8 Å². The Kier molecular flexibility index (Phi) is 11.2. The van der Waals surface area contributed by atoms with Gasteiger partial charge in [-0.15, -0.1) is 24.0 Å². The van der Waals surface area contributed by atoms with Gasteiger partial charge in [0.1, 0.15) is 0 Å². The lowest BCUT2D eigenvalue weighted by Crippen LogP contribution is -2.37. The Morgan fingerprint density at radius 3 is 2.29 bits per heavy atom. The molecule has 0 bridgehead atoms. The third kappa shape index (κ3) is 7.50. The van der Waals surface area contributed by atoms with Gasteiger partial charge in [0, 0.05) is 25.2 Å². The van der Waals surface area contributed by atoms with Crippen LogP contribution < -0.4 is 16.0 Å². The molecule has 2 rings (SSSR count). The number of hydrogen-bond donors (Lipinski definition) is 3. The van der Waals surface area contributed by atoms with Gasteiger partial charge in [-0.25, -0.2) is 4.99 Å². The van der Waals surface area contributed by atoms with Crippen LogP contribution in [0.5, 0.6) is 0 Å². The molecule has 0 atom stereocenters. The van der Waals surface area contributed by atoms with Crippen LogP contribution in [0.2, 0.25) is 0 Å². The number of halogens is 1. The number of hydrogen-bond acceptors (Lipinski definition) is 2. The summed E-state index contributed by atoms with van der Waals surface area (Å²) in [5, 5.41) is 9.50. The monoisotopic (exact) mass is 494 g/mol. The van der Waals surface area contributed by atoms with Crippen molar-refractivity contribution in [1.82, 2.24) is 16.0 Å². The summed E-state index contributed by atoms with van der Waals surface area (Å²) in [4.78, 5) is 16.6. The molecule has 2 aromatic rings. The highest BCUT2D eigenvalue weighted by Crippen LogP contribution is 2.09. The van der Waals surface area contributed by atoms with Gasteiger partial charge in [-0.3, -0.25) is 4.79 Å². The van der Waals surface area contributed by atoms with E-state index in [1.165, 1.54) is 11.1 Å². The van der Waals surface area contributed by atoms with Crippen LogP contribution in [0.25, 0.3) is 0 Å². The normalized spacial score (nSPS) is 10.8. The van der Waals surface area contributed by atoms with E-state index in [1.54, 1.807) is 0 Å². The van der Waals surface area contributed by atoms with Gasteiger partial charge < -0.3 is 16.0 Å². The number of benzene rings is 2. The van der Waals surface area contributed by atoms with Crippen LogP contribution in [0.4, 0.5) is 0 Å². The number of nitrogens with one attached hydrogen (secondary N) is 3. The first kappa shape index (κ1) is 23.9. The molecule has 2 aromatic carbocycles. The second-order valence-corrected chi connectivity index (χ2v) is 6.23. The Morgan fingerprint density at radius 2 is 1.61 bits per heavy atom. The van der Waals surface area contributed by atoms with Gasteiger partial charge in [-0.2, -0.15) is 0 Å². The molecule has 0 unspecified atom stereocenters. The second-order valence-electron chi connectivity index (χ2n) is 6.23. The minimum Gasteiger partial charge on any atom is -0.357 e. The van der Waals surface area contributed by atoms with Crippen molar-refractivity contribution in [1.29, 1.82) is 0 Å². The lowest BCUT2D eigenvalue weighted by atomic mass is 10.1. The average Bonchev–Trinajstić information content (AvgIpc) is 2.70.